The lowest BCUT2D eigenvalue weighted by Crippen LogP contribution is -2.53. The van der Waals surface area contributed by atoms with E-state index in [-0.39, 0.29) is 52.4 Å². The summed E-state index contributed by atoms with van der Waals surface area (Å²) >= 11 is 3.57. The van der Waals surface area contributed by atoms with Crippen molar-refractivity contribution in [2.45, 2.75) is 113 Å². The van der Waals surface area contributed by atoms with Crippen molar-refractivity contribution in [2.24, 2.45) is 17.8 Å². The van der Waals surface area contributed by atoms with E-state index in [4.69, 9.17) is 0 Å². The second-order valence-corrected chi connectivity index (χ2v) is 17.4. The van der Waals surface area contributed by atoms with Crippen molar-refractivity contribution in [1.29, 1.82) is 0 Å². The van der Waals surface area contributed by atoms with Crippen LogP contribution in [0.1, 0.15) is 88.7 Å². The minimum atomic E-state index is -0.537. The lowest BCUT2D eigenvalue weighted by molar-refractivity contribution is -0.146. The zero-order valence-corrected chi connectivity index (χ0v) is 31.5. The van der Waals surface area contributed by atoms with Crippen molar-refractivity contribution in [3.05, 3.63) is 71.8 Å². The highest BCUT2D eigenvalue weighted by atomic mass is 32.2. The number of ketones is 2. The molecule has 4 aliphatic rings. The minimum Gasteiger partial charge on any atom is -0.344 e. The van der Waals surface area contributed by atoms with E-state index < -0.39 is 23.9 Å². The predicted octanol–water partition coefficient (Wildman–Crippen LogP) is 6.45. The van der Waals surface area contributed by atoms with Crippen LogP contribution in [0.25, 0.3) is 0 Å². The van der Waals surface area contributed by atoms with Crippen LogP contribution < -0.4 is 5.32 Å². The van der Waals surface area contributed by atoms with Gasteiger partial charge in [-0.15, -0.1) is 23.5 Å². The summed E-state index contributed by atoms with van der Waals surface area (Å²) < 4.78 is 0. The summed E-state index contributed by atoms with van der Waals surface area (Å²) in [5.41, 5.74) is 2.09. The lowest BCUT2D eigenvalue weighted by Gasteiger charge is -2.40. The van der Waals surface area contributed by atoms with Crippen LogP contribution >= 0.6 is 23.5 Å². The highest BCUT2D eigenvalue weighted by molar-refractivity contribution is 8.00. The highest BCUT2D eigenvalue weighted by Gasteiger charge is 2.42. The fourth-order valence-corrected chi connectivity index (χ4v) is 11.2. The van der Waals surface area contributed by atoms with Crippen LogP contribution in [0.15, 0.2) is 60.7 Å². The van der Waals surface area contributed by atoms with Gasteiger partial charge in [0, 0.05) is 30.7 Å². The first-order valence-electron chi connectivity index (χ1n) is 19.1. The van der Waals surface area contributed by atoms with Gasteiger partial charge in [-0.1, -0.05) is 60.7 Å². The normalized spacial score (nSPS) is 26.6. The van der Waals surface area contributed by atoms with E-state index in [9.17, 15) is 24.0 Å². The molecule has 3 amide bonds. The van der Waals surface area contributed by atoms with Crippen LogP contribution in [0.3, 0.4) is 0 Å². The molecule has 0 aliphatic carbocycles. The quantitative estimate of drug-likeness (QED) is 0.253. The SMILES string of the molecule is CC(=O)[C@@H]1CCC[C@@H]2SCC[C@H](CC(=O)[C@H](CC[C@H](Cc3ccccc3)C(=O)N[C@H]3CCS[C@H]4CCCCN4C3=O)Cc3ccccc3)C(=O)N21. The summed E-state index contributed by atoms with van der Waals surface area (Å²) in [6, 6.07) is 19.0. The number of rotatable bonds is 13. The molecule has 1 N–H and O–H groups in total. The average Bonchev–Trinajstić information content (AvgIpc) is 3.40. The first-order valence-corrected chi connectivity index (χ1v) is 21.2. The Bertz CT molecular complexity index is 1520. The Morgan fingerprint density at radius 1 is 0.745 bits per heavy atom. The zero-order valence-electron chi connectivity index (χ0n) is 29.9. The van der Waals surface area contributed by atoms with Crippen molar-refractivity contribution in [3.63, 3.8) is 0 Å². The summed E-state index contributed by atoms with van der Waals surface area (Å²) in [5.74, 6) is 0.290. The van der Waals surface area contributed by atoms with Crippen LogP contribution in [0, 0.1) is 17.8 Å². The molecule has 6 rings (SSSR count). The van der Waals surface area contributed by atoms with Crippen molar-refractivity contribution < 1.29 is 24.0 Å². The Morgan fingerprint density at radius 2 is 1.37 bits per heavy atom. The molecule has 0 saturated carbocycles. The number of thioether (sulfide) groups is 2. The zero-order chi connectivity index (χ0) is 35.7. The van der Waals surface area contributed by atoms with E-state index >= 15 is 0 Å². The summed E-state index contributed by atoms with van der Waals surface area (Å²) in [7, 11) is 0. The molecule has 0 radical (unpaired) electrons. The molecule has 0 aromatic heterocycles. The molecule has 10 heteroatoms. The first kappa shape index (κ1) is 37.6. The van der Waals surface area contributed by atoms with Gasteiger partial charge in [0.2, 0.25) is 17.7 Å². The number of carbonyl (C=O) groups excluding carboxylic acids is 5. The topological polar surface area (TPSA) is 104 Å². The Hall–Kier alpha value is -3.11. The van der Waals surface area contributed by atoms with Crippen LogP contribution in [-0.2, 0) is 36.8 Å². The van der Waals surface area contributed by atoms with Crippen LogP contribution in [-0.4, -0.2) is 80.0 Å². The Labute approximate surface area is 311 Å². The molecule has 4 fully saturated rings. The van der Waals surface area contributed by atoms with E-state index in [1.54, 1.807) is 18.7 Å². The van der Waals surface area contributed by atoms with Crippen molar-refractivity contribution in [3.8, 4) is 0 Å². The second-order valence-electron chi connectivity index (χ2n) is 14.8. The predicted molar refractivity (Wildman–Crippen MR) is 204 cm³/mol. The van der Waals surface area contributed by atoms with E-state index in [2.05, 4.69) is 5.32 Å². The smallest absolute Gasteiger partial charge is 0.246 e. The number of benzene rings is 2. The van der Waals surface area contributed by atoms with Gasteiger partial charge in [0.1, 0.15) is 11.8 Å². The first-order chi connectivity index (χ1) is 24.8. The van der Waals surface area contributed by atoms with Gasteiger partial charge in [0.05, 0.1) is 16.8 Å². The Balaban J connectivity index is 1.18. The maximum absolute atomic E-state index is 14.3. The molecule has 274 valence electrons. The highest BCUT2D eigenvalue weighted by Crippen LogP contribution is 2.38. The molecule has 51 heavy (non-hydrogen) atoms. The lowest BCUT2D eigenvalue weighted by atomic mass is 9.82. The van der Waals surface area contributed by atoms with E-state index in [1.165, 1.54) is 0 Å². The van der Waals surface area contributed by atoms with E-state index in [1.807, 2.05) is 82.2 Å². The molecular weight excluding hydrogens is 679 g/mol. The monoisotopic (exact) mass is 731 g/mol. The van der Waals surface area contributed by atoms with Crippen LogP contribution in [0.5, 0.6) is 0 Å². The van der Waals surface area contributed by atoms with Gasteiger partial charge < -0.3 is 15.1 Å². The number of hydrogen-bond donors (Lipinski definition) is 1. The maximum atomic E-state index is 14.3. The van der Waals surface area contributed by atoms with Gasteiger partial charge in [-0.3, -0.25) is 24.0 Å². The number of amides is 3. The standard InChI is InChI=1S/C41H53N3O5S2/c1-28(45)35-15-10-17-38-44(35)40(48)33(20-23-51-38)27-36(46)31(25-29-11-4-2-5-12-29)18-19-32(26-30-13-6-3-7-14-30)39(47)42-34-21-24-50-37-16-8-9-22-43(37)41(34)49/h2-7,11-14,31-35,37-38H,8-10,15-27H2,1H3,(H,42,47)/t31-,32-,33-,34+,35+,37+,38+/m1/s1. The molecule has 8 nitrogen and oxygen atoms in total. The third kappa shape index (κ3) is 9.66. The molecule has 2 aromatic carbocycles. The van der Waals surface area contributed by atoms with Crippen molar-refractivity contribution in [2.75, 3.05) is 18.1 Å². The molecule has 0 spiro atoms. The molecule has 4 heterocycles. The van der Waals surface area contributed by atoms with Gasteiger partial charge in [-0.05, 0) is 107 Å². The van der Waals surface area contributed by atoms with E-state index in [0.717, 1.165) is 61.3 Å². The average molecular weight is 732 g/mol. The van der Waals surface area contributed by atoms with Gasteiger partial charge in [-0.2, -0.15) is 0 Å². The summed E-state index contributed by atoms with van der Waals surface area (Å²) in [6.45, 7) is 2.32. The fourth-order valence-electron chi connectivity index (χ4n) is 8.40. The number of carbonyl (C=O) groups is 5. The third-order valence-corrected chi connectivity index (χ3v) is 13.9. The van der Waals surface area contributed by atoms with E-state index in [0.29, 0.717) is 44.9 Å². The Kier molecular flexibility index (Phi) is 13.3. The summed E-state index contributed by atoms with van der Waals surface area (Å²) in [6.07, 6.45) is 9.05. The van der Waals surface area contributed by atoms with Crippen molar-refractivity contribution >= 4 is 52.8 Å². The summed E-state index contributed by atoms with van der Waals surface area (Å²) in [4.78, 5) is 72.5. The molecule has 4 saturated heterocycles. The summed E-state index contributed by atoms with van der Waals surface area (Å²) in [5, 5.41) is 3.37. The molecule has 7 atom stereocenters. The molecule has 4 aliphatic heterocycles. The number of nitrogens with one attached hydrogen (secondary N) is 1. The number of piperidine rings is 2. The number of nitrogens with zero attached hydrogens (tertiary/aromatic N) is 2. The third-order valence-electron chi connectivity index (χ3n) is 11.3. The van der Waals surface area contributed by atoms with Gasteiger partial charge in [0.15, 0.2) is 5.78 Å². The molecule has 2 aromatic rings. The maximum Gasteiger partial charge on any atom is 0.246 e. The molecular formula is C41H53N3O5S2. The molecule has 0 unspecified atom stereocenters. The second kappa shape index (κ2) is 18.1. The number of fused-ring (bicyclic) bond motifs is 2. The largest absolute Gasteiger partial charge is 0.344 e. The van der Waals surface area contributed by atoms with Crippen molar-refractivity contribution in [1.82, 2.24) is 15.1 Å². The number of Topliss-reactive ketones (excluding diaryl/α,β-unsaturated/α-hetero) is 2. The molecule has 0 bridgehead atoms. The Morgan fingerprint density at radius 3 is 2.08 bits per heavy atom. The van der Waals surface area contributed by atoms with Gasteiger partial charge in [-0.25, -0.2) is 0 Å². The number of hydrogen-bond acceptors (Lipinski definition) is 7. The van der Waals surface area contributed by atoms with Gasteiger partial charge >= 0.3 is 0 Å². The van der Waals surface area contributed by atoms with Crippen LogP contribution in [0.2, 0.25) is 0 Å². The fraction of sp³-hybridized carbons (Fsp3) is 0.585. The minimum absolute atomic E-state index is 0.00244. The van der Waals surface area contributed by atoms with Gasteiger partial charge in [0.25, 0.3) is 0 Å². The van der Waals surface area contributed by atoms with Crippen LogP contribution in [0.4, 0.5) is 0 Å².